The van der Waals surface area contributed by atoms with E-state index < -0.39 is 6.10 Å². The van der Waals surface area contributed by atoms with Gasteiger partial charge in [0.1, 0.15) is 24.0 Å². The third kappa shape index (κ3) is 4.60. The van der Waals surface area contributed by atoms with Crippen LogP contribution in [-0.2, 0) is 4.74 Å². The van der Waals surface area contributed by atoms with E-state index in [9.17, 15) is 9.90 Å². The molecule has 2 heterocycles. The molecule has 1 saturated heterocycles. The Morgan fingerprint density at radius 2 is 2.00 bits per heavy atom. The van der Waals surface area contributed by atoms with Crippen molar-refractivity contribution < 1.29 is 19.0 Å². The molecule has 1 aliphatic heterocycles. The van der Waals surface area contributed by atoms with Crippen molar-refractivity contribution in [1.82, 2.24) is 4.90 Å². The molecular weight excluding hydrogens is 322 g/mol. The molecule has 25 heavy (non-hydrogen) atoms. The molecule has 0 aliphatic carbocycles. The van der Waals surface area contributed by atoms with E-state index in [1.54, 1.807) is 6.07 Å². The largest absolute Gasteiger partial charge is 0.491 e. The number of morpholine rings is 1. The minimum atomic E-state index is -0.599. The molecule has 0 saturated carbocycles. The second-order valence-electron chi connectivity index (χ2n) is 6.85. The van der Waals surface area contributed by atoms with Crippen LogP contribution in [-0.4, -0.2) is 54.6 Å². The molecule has 3 rings (SSSR count). The second-order valence-corrected chi connectivity index (χ2v) is 6.85. The normalized spacial score (nSPS) is 22.9. The monoisotopic (exact) mass is 347 g/mol. The Bertz CT molecular complexity index is 777. The molecule has 6 heteroatoms. The van der Waals surface area contributed by atoms with Crippen molar-refractivity contribution in [2.75, 3.05) is 26.2 Å². The van der Waals surface area contributed by atoms with Crippen LogP contribution in [0.1, 0.15) is 19.4 Å². The quantitative estimate of drug-likeness (QED) is 0.834. The molecule has 0 amide bonds. The van der Waals surface area contributed by atoms with E-state index in [0.29, 0.717) is 17.9 Å². The summed E-state index contributed by atoms with van der Waals surface area (Å²) in [5.74, 6) is 0.573. The maximum Gasteiger partial charge on any atom is 0.336 e. The van der Waals surface area contributed by atoms with Gasteiger partial charge in [0.25, 0.3) is 0 Å². The van der Waals surface area contributed by atoms with Crippen LogP contribution in [0.25, 0.3) is 11.0 Å². The lowest BCUT2D eigenvalue weighted by Crippen LogP contribution is -2.48. The van der Waals surface area contributed by atoms with Crippen LogP contribution >= 0.6 is 0 Å². The number of benzene rings is 1. The van der Waals surface area contributed by atoms with E-state index in [-0.39, 0.29) is 24.4 Å². The summed E-state index contributed by atoms with van der Waals surface area (Å²) < 4.78 is 16.6. The molecule has 1 aromatic heterocycles. The minimum absolute atomic E-state index is 0.170. The van der Waals surface area contributed by atoms with Crippen molar-refractivity contribution in [3.8, 4) is 5.75 Å². The summed E-state index contributed by atoms with van der Waals surface area (Å²) in [5.41, 5.74) is 0.985. The first-order valence-electron chi connectivity index (χ1n) is 8.64. The summed E-state index contributed by atoms with van der Waals surface area (Å²) in [6.45, 7) is 8.28. The van der Waals surface area contributed by atoms with Gasteiger partial charge in [-0.2, -0.15) is 0 Å². The van der Waals surface area contributed by atoms with Crippen LogP contribution in [0, 0.1) is 6.92 Å². The number of hydrogen-bond donors (Lipinski definition) is 1. The molecular formula is C19H25NO5. The predicted octanol–water partition coefficient (Wildman–Crippen LogP) is 1.95. The second kappa shape index (κ2) is 7.56. The number of fused-ring (bicyclic) bond motifs is 1. The maximum atomic E-state index is 11.5. The molecule has 1 aliphatic rings. The van der Waals surface area contributed by atoms with Crippen molar-refractivity contribution in [1.29, 1.82) is 0 Å². The van der Waals surface area contributed by atoms with Crippen molar-refractivity contribution in [3.05, 3.63) is 40.2 Å². The lowest BCUT2D eigenvalue weighted by molar-refractivity contribution is -0.0786. The smallest absolute Gasteiger partial charge is 0.336 e. The standard InChI is InChI=1S/C19H25NO5/c1-12-6-19(22)25-18-7-16(4-5-17(12)18)23-11-15(21)10-20-8-13(2)24-14(3)9-20/h4-7,13-15,21H,8-11H2,1-3H3/t13-,14+,15-/m1/s1. The predicted molar refractivity (Wildman–Crippen MR) is 95.2 cm³/mol. The summed E-state index contributed by atoms with van der Waals surface area (Å²) in [7, 11) is 0. The number of rotatable bonds is 5. The van der Waals surface area contributed by atoms with Crippen LogP contribution in [0.2, 0.25) is 0 Å². The fraction of sp³-hybridized carbons (Fsp3) is 0.526. The molecule has 1 aromatic carbocycles. The van der Waals surface area contributed by atoms with Gasteiger partial charge in [-0.15, -0.1) is 0 Å². The Kier molecular flexibility index (Phi) is 5.42. The van der Waals surface area contributed by atoms with E-state index in [2.05, 4.69) is 4.90 Å². The zero-order valence-electron chi connectivity index (χ0n) is 14.9. The number of ether oxygens (including phenoxy) is 2. The van der Waals surface area contributed by atoms with Gasteiger partial charge in [-0.25, -0.2) is 4.79 Å². The lowest BCUT2D eigenvalue weighted by atomic mass is 10.1. The summed E-state index contributed by atoms with van der Waals surface area (Å²) in [4.78, 5) is 13.7. The van der Waals surface area contributed by atoms with E-state index in [1.807, 2.05) is 32.9 Å². The molecule has 1 N–H and O–H groups in total. The van der Waals surface area contributed by atoms with Crippen LogP contribution < -0.4 is 10.4 Å². The zero-order valence-corrected chi connectivity index (χ0v) is 14.9. The van der Waals surface area contributed by atoms with E-state index in [4.69, 9.17) is 13.9 Å². The van der Waals surface area contributed by atoms with Crippen molar-refractivity contribution >= 4 is 11.0 Å². The van der Waals surface area contributed by atoms with Crippen molar-refractivity contribution in [2.24, 2.45) is 0 Å². The first kappa shape index (κ1) is 17.9. The van der Waals surface area contributed by atoms with Gasteiger partial charge in [0.05, 0.1) is 12.2 Å². The Labute approximate surface area is 147 Å². The van der Waals surface area contributed by atoms with E-state index in [1.165, 1.54) is 6.07 Å². The van der Waals surface area contributed by atoms with Crippen molar-refractivity contribution in [3.63, 3.8) is 0 Å². The minimum Gasteiger partial charge on any atom is -0.491 e. The molecule has 2 aromatic rings. The third-order valence-corrected chi connectivity index (χ3v) is 4.33. The molecule has 136 valence electrons. The summed E-state index contributed by atoms with van der Waals surface area (Å²) in [6.07, 6.45) is -0.260. The molecule has 1 fully saturated rings. The van der Waals surface area contributed by atoms with Gasteiger partial charge >= 0.3 is 5.63 Å². The van der Waals surface area contributed by atoms with Gasteiger partial charge in [0.2, 0.25) is 0 Å². The van der Waals surface area contributed by atoms with Crippen LogP contribution in [0.4, 0.5) is 0 Å². The Morgan fingerprint density at radius 3 is 2.72 bits per heavy atom. The fourth-order valence-corrected chi connectivity index (χ4v) is 3.37. The first-order chi connectivity index (χ1) is 11.9. The van der Waals surface area contributed by atoms with Crippen LogP contribution in [0.5, 0.6) is 5.75 Å². The van der Waals surface area contributed by atoms with Gasteiger partial charge in [-0.05, 0) is 38.5 Å². The Balaban J connectivity index is 1.59. The van der Waals surface area contributed by atoms with Gasteiger partial charge in [0.15, 0.2) is 0 Å². The average molecular weight is 347 g/mol. The van der Waals surface area contributed by atoms with E-state index in [0.717, 1.165) is 24.0 Å². The number of β-amino-alcohol motifs (C(OH)–C–C–N with tert-alkyl or cyclic N) is 1. The van der Waals surface area contributed by atoms with Gasteiger partial charge < -0.3 is 19.0 Å². The number of aryl methyl sites for hydroxylation is 1. The number of hydrogen-bond acceptors (Lipinski definition) is 6. The molecule has 3 atom stereocenters. The number of nitrogens with zero attached hydrogens (tertiary/aromatic N) is 1. The van der Waals surface area contributed by atoms with E-state index >= 15 is 0 Å². The van der Waals surface area contributed by atoms with Crippen molar-refractivity contribution in [2.45, 2.75) is 39.1 Å². The Morgan fingerprint density at radius 1 is 1.28 bits per heavy atom. The molecule has 0 radical (unpaired) electrons. The van der Waals surface area contributed by atoms with Crippen LogP contribution in [0.15, 0.2) is 33.5 Å². The highest BCUT2D eigenvalue weighted by Gasteiger charge is 2.24. The summed E-state index contributed by atoms with van der Waals surface area (Å²) in [5, 5.41) is 11.1. The fourth-order valence-electron chi connectivity index (χ4n) is 3.37. The number of aliphatic hydroxyl groups is 1. The third-order valence-electron chi connectivity index (χ3n) is 4.33. The zero-order chi connectivity index (χ0) is 18.0. The highest BCUT2D eigenvalue weighted by molar-refractivity contribution is 5.81. The highest BCUT2D eigenvalue weighted by atomic mass is 16.5. The highest BCUT2D eigenvalue weighted by Crippen LogP contribution is 2.22. The molecule has 0 bridgehead atoms. The first-order valence-corrected chi connectivity index (χ1v) is 8.64. The molecule has 0 unspecified atom stereocenters. The summed E-state index contributed by atoms with van der Waals surface area (Å²) in [6, 6.07) is 6.84. The van der Waals surface area contributed by atoms with Crippen LogP contribution in [0.3, 0.4) is 0 Å². The van der Waals surface area contributed by atoms with Gasteiger partial charge in [-0.3, -0.25) is 4.90 Å². The summed E-state index contributed by atoms with van der Waals surface area (Å²) >= 11 is 0. The SMILES string of the molecule is Cc1cc(=O)oc2cc(OC[C@H](O)CN3C[C@@H](C)O[C@@H](C)C3)ccc12. The molecule has 0 spiro atoms. The van der Waals surface area contributed by atoms with Gasteiger partial charge in [-0.1, -0.05) is 0 Å². The van der Waals surface area contributed by atoms with Gasteiger partial charge in [0, 0.05) is 37.2 Å². The average Bonchev–Trinajstić information content (AvgIpc) is 2.51. The lowest BCUT2D eigenvalue weighted by Gasteiger charge is -2.36. The Hall–Kier alpha value is -1.89. The number of aliphatic hydroxyl groups excluding tert-OH is 1. The topological polar surface area (TPSA) is 72.1 Å². The maximum absolute atomic E-state index is 11.5. The molecule has 6 nitrogen and oxygen atoms in total.